The molecule has 7 nitrogen and oxygen atoms in total. The minimum Gasteiger partial charge on any atom is -0.444 e. The summed E-state index contributed by atoms with van der Waals surface area (Å²) >= 11 is 1.60. The van der Waals surface area contributed by atoms with Crippen molar-refractivity contribution in [3.05, 3.63) is 0 Å². The number of carbonyl (C=O) groups is 3. The van der Waals surface area contributed by atoms with Crippen LogP contribution in [0.2, 0.25) is 0 Å². The molecule has 2 unspecified atom stereocenters. The molecule has 2 fully saturated rings. The Morgan fingerprint density at radius 1 is 1.17 bits per heavy atom. The molecule has 0 spiro atoms. The van der Waals surface area contributed by atoms with Crippen LogP contribution in [-0.4, -0.2) is 88.1 Å². The van der Waals surface area contributed by atoms with Crippen molar-refractivity contribution in [1.82, 2.24) is 15.1 Å². The summed E-state index contributed by atoms with van der Waals surface area (Å²) in [6, 6.07) is -0.755. The predicted octanol–water partition coefficient (Wildman–Crippen LogP) is 2.63. The molecule has 30 heavy (non-hydrogen) atoms. The Bertz CT molecular complexity index is 641. The summed E-state index contributed by atoms with van der Waals surface area (Å²) in [4.78, 5) is 39.8. The second kappa shape index (κ2) is 9.42. The molecular weight excluding hydrogens is 409 g/mol. The number of carbonyl (C=O) groups excluding carboxylic acids is 3. The maximum atomic E-state index is 14.0. The van der Waals surface area contributed by atoms with Crippen LogP contribution in [0.15, 0.2) is 0 Å². The molecule has 9 heteroatoms. The van der Waals surface area contributed by atoms with Crippen LogP contribution >= 0.6 is 11.8 Å². The van der Waals surface area contributed by atoms with E-state index in [1.807, 2.05) is 34.6 Å². The second-order valence-electron chi connectivity index (χ2n) is 9.85. The summed E-state index contributed by atoms with van der Waals surface area (Å²) in [5.74, 6) is -0.681. The largest absolute Gasteiger partial charge is 0.444 e. The molecule has 0 bridgehead atoms. The number of hydrogen-bond acceptors (Lipinski definition) is 6. The first-order chi connectivity index (χ1) is 13.8. The Hall–Kier alpha value is -1.35. The molecule has 1 heterocycles. The first-order valence-electron chi connectivity index (χ1n) is 10.6. The molecule has 1 N–H and O–H groups in total. The fourth-order valence-electron chi connectivity index (χ4n) is 3.41. The number of hydrogen-bond donors (Lipinski definition) is 1. The Kier molecular flexibility index (Phi) is 7.83. The van der Waals surface area contributed by atoms with Crippen molar-refractivity contribution in [2.45, 2.75) is 81.7 Å². The number of piperazine rings is 1. The summed E-state index contributed by atoms with van der Waals surface area (Å²) in [6.45, 7) is 15.0. The molecule has 2 amide bonds. The predicted molar refractivity (Wildman–Crippen MR) is 116 cm³/mol. The van der Waals surface area contributed by atoms with Gasteiger partial charge in [-0.05, 0) is 47.5 Å². The van der Waals surface area contributed by atoms with Gasteiger partial charge in [0.25, 0.3) is 5.91 Å². The summed E-state index contributed by atoms with van der Waals surface area (Å²) in [5.41, 5.74) is -2.29. The van der Waals surface area contributed by atoms with Crippen LogP contribution in [0.1, 0.15) is 54.4 Å². The number of aldehydes is 1. The average molecular weight is 446 g/mol. The molecule has 0 aromatic carbocycles. The molecule has 1 aliphatic carbocycles. The van der Waals surface area contributed by atoms with Gasteiger partial charge in [0.2, 0.25) is 0 Å². The first-order valence-corrected chi connectivity index (χ1v) is 11.5. The van der Waals surface area contributed by atoms with Gasteiger partial charge in [0.1, 0.15) is 11.9 Å². The third-order valence-electron chi connectivity index (χ3n) is 5.31. The maximum Gasteiger partial charge on any atom is 0.410 e. The highest BCUT2D eigenvalue weighted by Gasteiger charge is 2.52. The van der Waals surface area contributed by atoms with E-state index < -0.39 is 28.0 Å². The number of ether oxygens (including phenoxy) is 1. The molecule has 1 saturated heterocycles. The molecular formula is C21H36FN3O4S. The van der Waals surface area contributed by atoms with Crippen molar-refractivity contribution in [3.63, 3.8) is 0 Å². The van der Waals surface area contributed by atoms with E-state index >= 15 is 0 Å². The van der Waals surface area contributed by atoms with Crippen LogP contribution in [0.25, 0.3) is 0 Å². The Labute approximate surface area is 183 Å². The van der Waals surface area contributed by atoms with Crippen LogP contribution in [0.3, 0.4) is 0 Å². The highest BCUT2D eigenvalue weighted by Crippen LogP contribution is 2.40. The van der Waals surface area contributed by atoms with E-state index in [0.29, 0.717) is 19.4 Å². The molecule has 0 aromatic rings. The zero-order valence-electron chi connectivity index (χ0n) is 19.0. The highest BCUT2D eigenvalue weighted by atomic mass is 32.2. The number of nitrogens with zero attached hydrogens (tertiary/aromatic N) is 2. The van der Waals surface area contributed by atoms with E-state index in [4.69, 9.17) is 4.74 Å². The lowest BCUT2D eigenvalue weighted by atomic mass is 10.0. The number of alkyl halides is 1. The minimum absolute atomic E-state index is 0.188. The summed E-state index contributed by atoms with van der Waals surface area (Å²) in [6.07, 6.45) is 0.868. The smallest absolute Gasteiger partial charge is 0.410 e. The molecule has 2 rings (SSSR count). The topological polar surface area (TPSA) is 79.0 Å². The van der Waals surface area contributed by atoms with Crippen molar-refractivity contribution in [2.24, 2.45) is 0 Å². The fraction of sp³-hybridized carbons (Fsp3) is 0.857. The molecule has 0 radical (unpaired) electrons. The van der Waals surface area contributed by atoms with Crippen molar-refractivity contribution in [3.8, 4) is 0 Å². The number of rotatable bonds is 8. The van der Waals surface area contributed by atoms with Crippen molar-refractivity contribution >= 4 is 30.0 Å². The van der Waals surface area contributed by atoms with E-state index in [1.54, 1.807) is 16.7 Å². The third-order valence-corrected chi connectivity index (χ3v) is 6.72. The van der Waals surface area contributed by atoms with E-state index in [2.05, 4.69) is 17.1 Å². The zero-order valence-corrected chi connectivity index (χ0v) is 19.8. The molecule has 1 aliphatic heterocycles. The molecule has 172 valence electrons. The van der Waals surface area contributed by atoms with Gasteiger partial charge in [-0.1, -0.05) is 6.92 Å². The summed E-state index contributed by atoms with van der Waals surface area (Å²) in [5, 5.41) is 2.77. The third kappa shape index (κ3) is 7.11. The first kappa shape index (κ1) is 24.9. The normalized spacial score (nSPS) is 21.5. The van der Waals surface area contributed by atoms with E-state index in [-0.39, 0.29) is 24.2 Å². The average Bonchev–Trinajstić information content (AvgIpc) is 3.36. The van der Waals surface area contributed by atoms with Gasteiger partial charge in [-0.2, -0.15) is 0 Å². The van der Waals surface area contributed by atoms with Crippen LogP contribution in [0.4, 0.5) is 9.18 Å². The molecule has 0 aromatic heterocycles. The van der Waals surface area contributed by atoms with Crippen LogP contribution < -0.4 is 5.32 Å². The summed E-state index contributed by atoms with van der Waals surface area (Å²) in [7, 11) is 0. The van der Waals surface area contributed by atoms with Crippen molar-refractivity contribution in [2.75, 3.05) is 32.7 Å². The Morgan fingerprint density at radius 2 is 1.73 bits per heavy atom. The highest BCUT2D eigenvalue weighted by molar-refractivity contribution is 8.01. The molecule has 1 saturated carbocycles. The van der Waals surface area contributed by atoms with Gasteiger partial charge in [-0.3, -0.25) is 9.69 Å². The zero-order chi connectivity index (χ0) is 22.7. The monoisotopic (exact) mass is 445 g/mol. The maximum absolute atomic E-state index is 14.0. The lowest BCUT2D eigenvalue weighted by Gasteiger charge is -2.38. The van der Waals surface area contributed by atoms with Crippen LogP contribution in [-0.2, 0) is 14.3 Å². The van der Waals surface area contributed by atoms with Gasteiger partial charge in [0.15, 0.2) is 5.67 Å². The van der Waals surface area contributed by atoms with Gasteiger partial charge in [0.05, 0.1) is 6.04 Å². The molecule has 2 aliphatic rings. The quantitative estimate of drug-likeness (QED) is 0.579. The SMILES string of the molecule is CC(CN1CCN(C(=O)OC(C)(C)C)CC1)SC(C)(C)C(C=O)NC(=O)C1(F)CC1. The Balaban J connectivity index is 1.80. The Morgan fingerprint density at radius 3 is 2.20 bits per heavy atom. The number of halogens is 1. The van der Waals surface area contributed by atoms with Crippen molar-refractivity contribution in [1.29, 1.82) is 0 Å². The standard InChI is InChI=1S/C21H36FN3O4S/c1-15(13-24-9-11-25(12-10-24)18(28)29-19(2,3)4)30-20(5,6)16(14-26)23-17(27)21(22)7-8-21/h14-16H,7-13H2,1-6H3,(H,23,27). The lowest BCUT2D eigenvalue weighted by Crippen LogP contribution is -2.53. The van der Waals surface area contributed by atoms with Gasteiger partial charge in [-0.25, -0.2) is 9.18 Å². The second-order valence-corrected chi connectivity index (χ2v) is 11.9. The number of nitrogens with one attached hydrogen (secondary N) is 1. The van der Waals surface area contributed by atoms with E-state index in [0.717, 1.165) is 19.6 Å². The summed E-state index contributed by atoms with van der Waals surface area (Å²) < 4.78 is 18.8. The van der Waals surface area contributed by atoms with E-state index in [1.165, 1.54) is 0 Å². The van der Waals surface area contributed by atoms with Gasteiger partial charge in [0, 0.05) is 42.7 Å². The van der Waals surface area contributed by atoms with Crippen LogP contribution in [0, 0.1) is 0 Å². The lowest BCUT2D eigenvalue weighted by molar-refractivity contribution is -0.130. The number of amides is 2. The number of thioether (sulfide) groups is 1. The van der Waals surface area contributed by atoms with Gasteiger partial charge >= 0.3 is 6.09 Å². The van der Waals surface area contributed by atoms with Gasteiger partial charge < -0.3 is 19.7 Å². The fourth-order valence-corrected chi connectivity index (χ4v) is 4.99. The van der Waals surface area contributed by atoms with Crippen LogP contribution in [0.5, 0.6) is 0 Å². The van der Waals surface area contributed by atoms with Crippen molar-refractivity contribution < 1.29 is 23.5 Å². The minimum atomic E-state index is -1.79. The van der Waals surface area contributed by atoms with E-state index in [9.17, 15) is 18.8 Å². The molecule has 2 atom stereocenters. The van der Waals surface area contributed by atoms with Gasteiger partial charge in [-0.15, -0.1) is 11.8 Å².